The molecule has 0 heterocycles. The number of rotatable bonds is 5. The first-order valence-electron chi connectivity index (χ1n) is 5.19. The number of hydrogen-bond donors (Lipinski definition) is 2. The van der Waals surface area contributed by atoms with E-state index in [1.54, 1.807) is 0 Å². The van der Waals surface area contributed by atoms with Gasteiger partial charge >= 0.3 is 0 Å². The molecule has 0 saturated carbocycles. The van der Waals surface area contributed by atoms with E-state index in [4.69, 9.17) is 23.2 Å². The van der Waals surface area contributed by atoms with Crippen LogP contribution in [-0.4, -0.2) is 19.0 Å². The maximum Gasteiger partial charge on any atom is 0.238 e. The second-order valence-corrected chi connectivity index (χ2v) is 4.29. The fourth-order valence-corrected chi connectivity index (χ4v) is 1.70. The first kappa shape index (κ1) is 14.2. The highest BCUT2D eigenvalue weighted by Crippen LogP contribution is 2.27. The van der Waals surface area contributed by atoms with Gasteiger partial charge in [0.25, 0.3) is 0 Å². The van der Waals surface area contributed by atoms with Crippen molar-refractivity contribution in [1.82, 2.24) is 5.32 Å². The molecule has 6 heteroatoms. The third-order valence-corrected chi connectivity index (χ3v) is 2.53. The lowest BCUT2D eigenvalue weighted by atomic mass is 10.3. The lowest BCUT2D eigenvalue weighted by Crippen LogP contribution is -2.28. The number of anilines is 1. The molecule has 1 amide bonds. The quantitative estimate of drug-likeness (QED) is 0.642. The minimum absolute atomic E-state index is 0.116. The van der Waals surface area contributed by atoms with E-state index in [1.807, 2.05) is 6.92 Å². The highest BCUT2D eigenvalue weighted by molar-refractivity contribution is 6.35. The molecule has 1 aromatic carbocycles. The average molecular weight is 279 g/mol. The van der Waals surface area contributed by atoms with Gasteiger partial charge in [0.1, 0.15) is 0 Å². The molecule has 1 aromatic rings. The van der Waals surface area contributed by atoms with Crippen LogP contribution in [0.3, 0.4) is 0 Å². The molecule has 0 radical (unpaired) electrons. The zero-order valence-corrected chi connectivity index (χ0v) is 10.8. The predicted molar refractivity (Wildman–Crippen MR) is 68.2 cm³/mol. The zero-order valence-electron chi connectivity index (χ0n) is 9.32. The molecule has 0 aromatic heterocycles. The van der Waals surface area contributed by atoms with E-state index in [1.165, 1.54) is 12.1 Å². The van der Waals surface area contributed by atoms with Crippen molar-refractivity contribution < 1.29 is 9.18 Å². The lowest BCUT2D eigenvalue weighted by molar-refractivity contribution is -0.115. The van der Waals surface area contributed by atoms with E-state index in [0.717, 1.165) is 13.0 Å². The number of carbonyl (C=O) groups is 1. The third kappa shape index (κ3) is 4.50. The fraction of sp³-hybridized carbons (Fsp3) is 0.364. The average Bonchev–Trinajstić information content (AvgIpc) is 2.26. The van der Waals surface area contributed by atoms with Gasteiger partial charge in [0, 0.05) is 5.69 Å². The minimum atomic E-state index is -0.685. The first-order chi connectivity index (χ1) is 8.04. The molecule has 0 saturated heterocycles. The molecule has 0 bridgehead atoms. The van der Waals surface area contributed by atoms with Crippen LogP contribution >= 0.6 is 23.2 Å². The topological polar surface area (TPSA) is 41.1 Å². The number of halogens is 3. The van der Waals surface area contributed by atoms with E-state index >= 15 is 0 Å². The van der Waals surface area contributed by atoms with Gasteiger partial charge in [0.15, 0.2) is 5.82 Å². The summed E-state index contributed by atoms with van der Waals surface area (Å²) in [5, 5.41) is 5.28. The van der Waals surface area contributed by atoms with Crippen LogP contribution in [0.4, 0.5) is 10.1 Å². The van der Waals surface area contributed by atoms with Gasteiger partial charge in [-0.05, 0) is 25.1 Å². The van der Waals surface area contributed by atoms with Gasteiger partial charge in [0.05, 0.1) is 16.6 Å². The van der Waals surface area contributed by atoms with Crippen LogP contribution in [0.5, 0.6) is 0 Å². The summed E-state index contributed by atoms with van der Waals surface area (Å²) in [5.74, 6) is -0.910. The Labute approximate surface area is 109 Å². The molecule has 0 atom stereocenters. The van der Waals surface area contributed by atoms with Crippen LogP contribution in [-0.2, 0) is 4.79 Å². The maximum absolute atomic E-state index is 13.1. The summed E-state index contributed by atoms with van der Waals surface area (Å²) in [7, 11) is 0. The van der Waals surface area contributed by atoms with Crippen molar-refractivity contribution in [1.29, 1.82) is 0 Å². The Morgan fingerprint density at radius 3 is 2.47 bits per heavy atom. The van der Waals surface area contributed by atoms with Crippen LogP contribution in [0, 0.1) is 5.82 Å². The molecule has 0 fully saturated rings. The molecule has 0 aliphatic heterocycles. The molecule has 2 N–H and O–H groups in total. The third-order valence-electron chi connectivity index (χ3n) is 1.98. The highest BCUT2D eigenvalue weighted by Gasteiger charge is 2.09. The molecule has 0 aliphatic carbocycles. The van der Waals surface area contributed by atoms with E-state index in [9.17, 15) is 9.18 Å². The van der Waals surface area contributed by atoms with Crippen molar-refractivity contribution in [3.8, 4) is 0 Å². The van der Waals surface area contributed by atoms with Crippen molar-refractivity contribution in [2.75, 3.05) is 18.4 Å². The predicted octanol–water partition coefficient (Wildman–Crippen LogP) is 3.07. The van der Waals surface area contributed by atoms with Crippen molar-refractivity contribution >= 4 is 34.8 Å². The number of amides is 1. The van der Waals surface area contributed by atoms with Gasteiger partial charge in [-0.2, -0.15) is 0 Å². The van der Waals surface area contributed by atoms with Gasteiger partial charge < -0.3 is 10.6 Å². The number of nitrogens with one attached hydrogen (secondary N) is 2. The SMILES string of the molecule is CCCNCC(=O)Nc1cc(Cl)c(F)c(Cl)c1. The Bertz CT molecular complexity index is 389. The number of carbonyl (C=O) groups excluding carboxylic acids is 1. The van der Waals surface area contributed by atoms with Crippen LogP contribution < -0.4 is 10.6 Å². The van der Waals surface area contributed by atoms with Crippen LogP contribution in [0.15, 0.2) is 12.1 Å². The summed E-state index contributed by atoms with van der Waals surface area (Å²) in [4.78, 5) is 11.4. The Kier molecular flexibility index (Phi) is 5.68. The molecule has 3 nitrogen and oxygen atoms in total. The summed E-state index contributed by atoms with van der Waals surface area (Å²) >= 11 is 11.2. The Balaban J connectivity index is 2.60. The standard InChI is InChI=1S/C11H13Cl2FN2O/c1-2-3-15-6-10(17)16-7-4-8(12)11(14)9(13)5-7/h4-5,15H,2-3,6H2,1H3,(H,16,17). The van der Waals surface area contributed by atoms with Crippen molar-refractivity contribution in [3.63, 3.8) is 0 Å². The second kappa shape index (κ2) is 6.79. The molecule has 17 heavy (non-hydrogen) atoms. The second-order valence-electron chi connectivity index (χ2n) is 3.48. The van der Waals surface area contributed by atoms with Gasteiger partial charge in [-0.1, -0.05) is 30.1 Å². The van der Waals surface area contributed by atoms with Crippen molar-refractivity contribution in [2.45, 2.75) is 13.3 Å². The van der Waals surface area contributed by atoms with Crippen LogP contribution in [0.25, 0.3) is 0 Å². The van der Waals surface area contributed by atoms with Crippen molar-refractivity contribution in [3.05, 3.63) is 28.0 Å². The molecular formula is C11H13Cl2FN2O. The zero-order chi connectivity index (χ0) is 12.8. The van der Waals surface area contributed by atoms with Crippen LogP contribution in [0.1, 0.15) is 13.3 Å². The Morgan fingerprint density at radius 2 is 1.94 bits per heavy atom. The number of hydrogen-bond acceptors (Lipinski definition) is 2. The summed E-state index contributed by atoms with van der Waals surface area (Å²) in [6.45, 7) is 2.96. The molecule has 94 valence electrons. The van der Waals surface area contributed by atoms with E-state index < -0.39 is 5.82 Å². The number of benzene rings is 1. The van der Waals surface area contributed by atoms with Gasteiger partial charge in [0.2, 0.25) is 5.91 Å². The highest BCUT2D eigenvalue weighted by atomic mass is 35.5. The smallest absolute Gasteiger partial charge is 0.238 e. The van der Waals surface area contributed by atoms with Gasteiger partial charge in [-0.15, -0.1) is 0 Å². The summed E-state index contributed by atoms with van der Waals surface area (Å²) in [6, 6.07) is 2.64. The molecular weight excluding hydrogens is 266 g/mol. The van der Waals surface area contributed by atoms with E-state index in [2.05, 4.69) is 10.6 Å². The van der Waals surface area contributed by atoms with Crippen LogP contribution in [0.2, 0.25) is 10.0 Å². The molecule has 1 rings (SSSR count). The Morgan fingerprint density at radius 1 is 1.35 bits per heavy atom. The van der Waals surface area contributed by atoms with Gasteiger partial charge in [-0.3, -0.25) is 4.79 Å². The summed E-state index contributed by atoms with van der Waals surface area (Å²) in [5.41, 5.74) is 0.379. The minimum Gasteiger partial charge on any atom is -0.325 e. The van der Waals surface area contributed by atoms with E-state index in [-0.39, 0.29) is 22.5 Å². The normalized spacial score (nSPS) is 10.4. The lowest BCUT2D eigenvalue weighted by Gasteiger charge is -2.07. The first-order valence-corrected chi connectivity index (χ1v) is 5.95. The summed E-state index contributed by atoms with van der Waals surface area (Å²) in [6.07, 6.45) is 0.946. The maximum atomic E-state index is 13.1. The molecule has 0 spiro atoms. The van der Waals surface area contributed by atoms with E-state index in [0.29, 0.717) is 5.69 Å². The molecule has 0 unspecified atom stereocenters. The summed E-state index contributed by atoms with van der Waals surface area (Å²) < 4.78 is 13.1. The largest absolute Gasteiger partial charge is 0.325 e. The molecule has 0 aliphatic rings. The van der Waals surface area contributed by atoms with Gasteiger partial charge in [-0.25, -0.2) is 4.39 Å². The monoisotopic (exact) mass is 278 g/mol. The fourth-order valence-electron chi connectivity index (χ4n) is 1.21. The van der Waals surface area contributed by atoms with Crippen molar-refractivity contribution in [2.24, 2.45) is 0 Å². The Hall–Kier alpha value is -0.840.